The van der Waals surface area contributed by atoms with Gasteiger partial charge in [-0.05, 0) is 53.0 Å². The second-order valence-corrected chi connectivity index (χ2v) is 6.36. The Hall–Kier alpha value is -1.64. The number of hydroxylamine groups is 1. The molecule has 1 aromatic rings. The lowest BCUT2D eigenvalue weighted by atomic mass is 10.1. The van der Waals surface area contributed by atoms with Crippen molar-refractivity contribution in [2.24, 2.45) is 5.16 Å². The highest BCUT2D eigenvalue weighted by Gasteiger charge is 2.05. The molecule has 1 amide bonds. The first-order valence-electron chi connectivity index (χ1n) is 7.87. The minimum atomic E-state index is -0.349. The van der Waals surface area contributed by atoms with E-state index in [4.69, 9.17) is 10.4 Å². The second kappa shape index (κ2) is 11.8. The standard InChI is InChI=1S/C16H24BrN3O4/c17-14-10-12(6-7-15(14)21)9-13(19-23)11-18-8-4-2-1-3-5-16(22)20-24/h6-7,10,18,21,23-24H,1-5,8-9,11H2,(H,20,22)/b19-13+. The van der Waals surface area contributed by atoms with Gasteiger partial charge in [-0.2, -0.15) is 0 Å². The van der Waals surface area contributed by atoms with Gasteiger partial charge in [0.1, 0.15) is 5.75 Å². The van der Waals surface area contributed by atoms with Crippen LogP contribution in [0.2, 0.25) is 0 Å². The molecule has 0 spiro atoms. The molecular weight excluding hydrogens is 378 g/mol. The fraction of sp³-hybridized carbons (Fsp3) is 0.500. The Kier molecular flexibility index (Phi) is 10.1. The SMILES string of the molecule is O=C(CCCCCCNC/C(Cc1ccc(O)c(Br)c1)=N/O)NO. The Labute approximate surface area is 149 Å². The molecule has 1 rings (SSSR count). The van der Waals surface area contributed by atoms with Gasteiger partial charge in [-0.15, -0.1) is 0 Å². The number of amides is 1. The maximum Gasteiger partial charge on any atom is 0.243 e. The molecule has 5 N–H and O–H groups in total. The molecule has 8 heteroatoms. The summed E-state index contributed by atoms with van der Waals surface area (Å²) in [5.74, 6) is -0.173. The summed E-state index contributed by atoms with van der Waals surface area (Å²) in [7, 11) is 0. The van der Waals surface area contributed by atoms with Crippen molar-refractivity contribution >= 4 is 27.5 Å². The molecule has 0 aliphatic rings. The molecule has 0 unspecified atom stereocenters. The van der Waals surface area contributed by atoms with Gasteiger partial charge in [0.15, 0.2) is 0 Å². The summed E-state index contributed by atoms with van der Waals surface area (Å²) in [6.45, 7) is 1.28. The van der Waals surface area contributed by atoms with Crippen LogP contribution in [0.15, 0.2) is 27.8 Å². The summed E-state index contributed by atoms with van der Waals surface area (Å²) in [6.07, 6.45) is 4.47. The van der Waals surface area contributed by atoms with Gasteiger partial charge < -0.3 is 15.6 Å². The number of phenols is 1. The number of phenolic OH excluding ortho intramolecular Hbond substituents is 1. The molecule has 0 aromatic heterocycles. The first kappa shape index (κ1) is 20.4. The third-order valence-corrected chi connectivity index (χ3v) is 4.16. The van der Waals surface area contributed by atoms with Crippen molar-refractivity contribution in [3.8, 4) is 5.75 Å². The molecule has 0 aliphatic carbocycles. The first-order chi connectivity index (χ1) is 11.6. The van der Waals surface area contributed by atoms with Crippen LogP contribution < -0.4 is 10.8 Å². The van der Waals surface area contributed by atoms with Crippen LogP contribution in [0.25, 0.3) is 0 Å². The lowest BCUT2D eigenvalue weighted by molar-refractivity contribution is -0.129. The molecule has 134 valence electrons. The van der Waals surface area contributed by atoms with Gasteiger partial charge >= 0.3 is 0 Å². The molecular formula is C16H24BrN3O4. The van der Waals surface area contributed by atoms with Crippen LogP contribution in [-0.4, -0.2) is 40.2 Å². The number of nitrogens with zero attached hydrogens (tertiary/aromatic N) is 1. The van der Waals surface area contributed by atoms with Crippen molar-refractivity contribution in [2.45, 2.75) is 38.5 Å². The molecule has 0 atom stereocenters. The topological polar surface area (TPSA) is 114 Å². The molecule has 0 aliphatic heterocycles. The third kappa shape index (κ3) is 8.28. The van der Waals surface area contributed by atoms with Crippen molar-refractivity contribution in [3.63, 3.8) is 0 Å². The number of rotatable bonds is 11. The number of nitrogens with one attached hydrogen (secondary N) is 2. The number of unbranched alkanes of at least 4 members (excludes halogenated alkanes) is 3. The van der Waals surface area contributed by atoms with Crippen LogP contribution in [0, 0.1) is 0 Å². The van der Waals surface area contributed by atoms with E-state index in [9.17, 15) is 9.90 Å². The molecule has 24 heavy (non-hydrogen) atoms. The highest BCUT2D eigenvalue weighted by atomic mass is 79.9. The van der Waals surface area contributed by atoms with Crippen molar-refractivity contribution in [2.75, 3.05) is 13.1 Å². The van der Waals surface area contributed by atoms with E-state index in [-0.39, 0.29) is 11.7 Å². The normalized spacial score (nSPS) is 11.5. The van der Waals surface area contributed by atoms with Crippen molar-refractivity contribution in [1.29, 1.82) is 0 Å². The van der Waals surface area contributed by atoms with Crippen LogP contribution >= 0.6 is 15.9 Å². The number of oxime groups is 1. The lowest BCUT2D eigenvalue weighted by Gasteiger charge is -2.08. The fourth-order valence-corrected chi connectivity index (χ4v) is 2.63. The van der Waals surface area contributed by atoms with Gasteiger partial charge in [-0.25, -0.2) is 5.48 Å². The van der Waals surface area contributed by atoms with E-state index in [0.717, 1.165) is 37.8 Å². The number of aromatic hydroxyl groups is 1. The van der Waals surface area contributed by atoms with Gasteiger partial charge in [0, 0.05) is 19.4 Å². The van der Waals surface area contributed by atoms with E-state index in [1.807, 2.05) is 0 Å². The molecule has 0 radical (unpaired) electrons. The lowest BCUT2D eigenvalue weighted by Crippen LogP contribution is -2.25. The summed E-state index contributed by atoms with van der Waals surface area (Å²) in [6, 6.07) is 5.18. The summed E-state index contributed by atoms with van der Waals surface area (Å²) in [5, 5.41) is 33.5. The molecule has 0 saturated carbocycles. The Morgan fingerprint density at radius 2 is 1.96 bits per heavy atom. The number of halogens is 1. The average Bonchev–Trinajstić information content (AvgIpc) is 2.58. The zero-order valence-electron chi connectivity index (χ0n) is 13.5. The van der Waals surface area contributed by atoms with Gasteiger partial charge in [0.25, 0.3) is 0 Å². The molecule has 0 fully saturated rings. The number of hydrogen-bond acceptors (Lipinski definition) is 6. The van der Waals surface area contributed by atoms with Gasteiger partial charge in [0.2, 0.25) is 5.91 Å². The molecule has 0 bridgehead atoms. The number of hydrogen-bond donors (Lipinski definition) is 5. The predicted molar refractivity (Wildman–Crippen MR) is 94.6 cm³/mol. The van der Waals surface area contributed by atoms with E-state index >= 15 is 0 Å². The summed E-state index contributed by atoms with van der Waals surface area (Å²) in [5.41, 5.74) is 3.18. The Bertz CT molecular complexity index is 552. The monoisotopic (exact) mass is 401 g/mol. The van der Waals surface area contributed by atoms with Crippen LogP contribution in [0.5, 0.6) is 5.75 Å². The smallest absolute Gasteiger partial charge is 0.243 e. The van der Waals surface area contributed by atoms with Crippen molar-refractivity contribution in [1.82, 2.24) is 10.8 Å². The second-order valence-electron chi connectivity index (χ2n) is 5.50. The average molecular weight is 402 g/mol. The largest absolute Gasteiger partial charge is 0.507 e. The Morgan fingerprint density at radius 3 is 2.62 bits per heavy atom. The minimum Gasteiger partial charge on any atom is -0.507 e. The maximum atomic E-state index is 10.8. The quantitative estimate of drug-likeness (QED) is 0.128. The predicted octanol–water partition coefficient (Wildman–Crippen LogP) is 2.57. The number of carbonyl (C=O) groups is 1. The number of benzene rings is 1. The van der Waals surface area contributed by atoms with E-state index in [0.29, 0.717) is 29.6 Å². The molecule has 1 aromatic carbocycles. The summed E-state index contributed by atoms with van der Waals surface area (Å²) >= 11 is 3.26. The van der Waals surface area contributed by atoms with Crippen LogP contribution in [-0.2, 0) is 11.2 Å². The highest BCUT2D eigenvalue weighted by molar-refractivity contribution is 9.10. The zero-order valence-corrected chi connectivity index (χ0v) is 15.0. The van der Waals surface area contributed by atoms with Crippen molar-refractivity contribution < 1.29 is 20.3 Å². The van der Waals surface area contributed by atoms with Crippen molar-refractivity contribution in [3.05, 3.63) is 28.2 Å². The van der Waals surface area contributed by atoms with E-state index in [1.54, 1.807) is 23.7 Å². The highest BCUT2D eigenvalue weighted by Crippen LogP contribution is 2.24. The maximum absolute atomic E-state index is 10.8. The molecule has 0 heterocycles. The Balaban J connectivity index is 2.16. The first-order valence-corrected chi connectivity index (χ1v) is 8.67. The summed E-state index contributed by atoms with van der Waals surface area (Å²) in [4.78, 5) is 10.8. The van der Waals surface area contributed by atoms with E-state index in [1.165, 1.54) is 0 Å². The van der Waals surface area contributed by atoms with E-state index in [2.05, 4.69) is 26.4 Å². The minimum absolute atomic E-state index is 0.177. The number of carbonyl (C=O) groups excluding carboxylic acids is 1. The van der Waals surface area contributed by atoms with E-state index < -0.39 is 0 Å². The van der Waals surface area contributed by atoms with Crippen LogP contribution in [0.3, 0.4) is 0 Å². The van der Waals surface area contributed by atoms with Crippen LogP contribution in [0.1, 0.15) is 37.7 Å². The summed E-state index contributed by atoms with van der Waals surface area (Å²) < 4.78 is 0.611. The molecule has 0 saturated heterocycles. The third-order valence-electron chi connectivity index (χ3n) is 3.52. The zero-order chi connectivity index (χ0) is 17.8. The van der Waals surface area contributed by atoms with Gasteiger partial charge in [-0.1, -0.05) is 24.1 Å². The van der Waals surface area contributed by atoms with Gasteiger partial charge in [0.05, 0.1) is 10.2 Å². The van der Waals surface area contributed by atoms with Crippen LogP contribution in [0.4, 0.5) is 0 Å². The Morgan fingerprint density at radius 1 is 1.21 bits per heavy atom. The molecule has 7 nitrogen and oxygen atoms in total. The fourth-order valence-electron chi connectivity index (χ4n) is 2.21. The van der Waals surface area contributed by atoms with Gasteiger partial charge in [-0.3, -0.25) is 10.0 Å².